The number of phenolic OH excluding ortho intramolecular Hbond substituents is 1. The first kappa shape index (κ1) is 17.9. The molecule has 0 fully saturated rings. The van der Waals surface area contributed by atoms with Gasteiger partial charge in [0.05, 0.1) is 18.3 Å². The van der Waals surface area contributed by atoms with Crippen LogP contribution in [0.3, 0.4) is 0 Å². The number of nitrogens with one attached hydrogen (secondary N) is 1. The highest BCUT2D eigenvalue weighted by Crippen LogP contribution is 2.28. The molecule has 0 saturated heterocycles. The first-order valence-corrected chi connectivity index (χ1v) is 7.52. The van der Waals surface area contributed by atoms with Crippen LogP contribution in [0.1, 0.15) is 5.56 Å². The lowest BCUT2D eigenvalue weighted by Gasteiger charge is -2.07. The van der Waals surface area contributed by atoms with Crippen molar-refractivity contribution in [1.82, 2.24) is 5.43 Å². The van der Waals surface area contributed by atoms with Crippen molar-refractivity contribution in [3.8, 4) is 17.2 Å². The van der Waals surface area contributed by atoms with Crippen LogP contribution >= 0.6 is 23.2 Å². The molecule has 8 heteroatoms. The summed E-state index contributed by atoms with van der Waals surface area (Å²) in [6, 6.07) is 9.60. The van der Waals surface area contributed by atoms with E-state index in [-0.39, 0.29) is 12.4 Å². The lowest BCUT2D eigenvalue weighted by atomic mass is 10.2. The maximum atomic E-state index is 11.7. The number of hydrogen-bond donors (Lipinski definition) is 2. The van der Waals surface area contributed by atoms with E-state index in [1.54, 1.807) is 30.3 Å². The normalized spacial score (nSPS) is 10.6. The number of methoxy groups -OCH3 is 1. The molecule has 2 aromatic rings. The summed E-state index contributed by atoms with van der Waals surface area (Å²) in [7, 11) is 1.44. The van der Waals surface area contributed by atoms with Gasteiger partial charge in [-0.3, -0.25) is 4.79 Å². The van der Waals surface area contributed by atoms with Gasteiger partial charge in [0.2, 0.25) is 0 Å². The number of halogens is 2. The Labute approximate surface area is 148 Å². The fourth-order valence-corrected chi connectivity index (χ4v) is 2.21. The summed E-state index contributed by atoms with van der Waals surface area (Å²) in [6.45, 7) is -0.275. The van der Waals surface area contributed by atoms with Crippen molar-refractivity contribution in [3.63, 3.8) is 0 Å². The fourth-order valence-electron chi connectivity index (χ4n) is 1.75. The fraction of sp³-hybridized carbons (Fsp3) is 0.125. The molecule has 0 aromatic heterocycles. The predicted molar refractivity (Wildman–Crippen MR) is 92.4 cm³/mol. The Morgan fingerprint density at radius 2 is 2.08 bits per heavy atom. The molecule has 0 aliphatic heterocycles. The Morgan fingerprint density at radius 1 is 1.29 bits per heavy atom. The second-order valence-corrected chi connectivity index (χ2v) is 5.40. The average molecular weight is 369 g/mol. The van der Waals surface area contributed by atoms with Gasteiger partial charge in [-0.2, -0.15) is 5.10 Å². The van der Waals surface area contributed by atoms with Crippen LogP contribution in [0.4, 0.5) is 0 Å². The number of benzene rings is 2. The molecule has 6 nitrogen and oxygen atoms in total. The molecule has 0 aliphatic rings. The Bertz CT molecular complexity index is 766. The Morgan fingerprint density at radius 3 is 2.79 bits per heavy atom. The number of amides is 1. The van der Waals surface area contributed by atoms with Crippen molar-refractivity contribution < 1.29 is 19.4 Å². The van der Waals surface area contributed by atoms with Crippen LogP contribution in [0.2, 0.25) is 10.0 Å². The first-order valence-electron chi connectivity index (χ1n) is 6.77. The van der Waals surface area contributed by atoms with Gasteiger partial charge >= 0.3 is 0 Å². The Kier molecular flexibility index (Phi) is 6.28. The average Bonchev–Trinajstić information content (AvgIpc) is 2.55. The number of carbonyl (C=O) groups excluding carboxylic acids is 1. The third kappa shape index (κ3) is 4.78. The number of hydrogen-bond acceptors (Lipinski definition) is 5. The van der Waals surface area contributed by atoms with E-state index < -0.39 is 5.91 Å². The molecule has 0 bridgehead atoms. The molecule has 0 unspecified atom stereocenters. The van der Waals surface area contributed by atoms with E-state index in [0.29, 0.717) is 27.1 Å². The molecule has 2 aromatic carbocycles. The topological polar surface area (TPSA) is 80.2 Å². The van der Waals surface area contributed by atoms with Crippen LogP contribution in [0.15, 0.2) is 41.5 Å². The molecule has 126 valence electrons. The highest BCUT2D eigenvalue weighted by atomic mass is 35.5. The molecule has 1 amide bonds. The minimum absolute atomic E-state index is 0.0674. The molecule has 2 N–H and O–H groups in total. The number of aromatic hydroxyl groups is 1. The van der Waals surface area contributed by atoms with Crippen molar-refractivity contribution in [3.05, 3.63) is 52.0 Å². The van der Waals surface area contributed by atoms with Crippen LogP contribution in [-0.4, -0.2) is 30.9 Å². The predicted octanol–water partition coefficient (Wildman–Crippen LogP) is 3.24. The summed E-state index contributed by atoms with van der Waals surface area (Å²) >= 11 is 11.7. The van der Waals surface area contributed by atoms with Gasteiger partial charge in [-0.05, 0) is 30.3 Å². The van der Waals surface area contributed by atoms with Gasteiger partial charge in [0.25, 0.3) is 5.91 Å². The molecular weight excluding hydrogens is 355 g/mol. The SMILES string of the molecule is COc1cccc(C=NNC(=O)COc2ccc(Cl)cc2Cl)c1O. The van der Waals surface area contributed by atoms with E-state index in [4.69, 9.17) is 32.7 Å². The van der Waals surface area contributed by atoms with Gasteiger partial charge in [0, 0.05) is 10.6 Å². The Balaban J connectivity index is 1.89. The molecule has 0 aliphatic carbocycles. The van der Waals surface area contributed by atoms with Gasteiger partial charge in [-0.15, -0.1) is 0 Å². The zero-order chi connectivity index (χ0) is 17.5. The molecule has 2 rings (SSSR count). The maximum absolute atomic E-state index is 11.7. The van der Waals surface area contributed by atoms with Crippen LogP contribution < -0.4 is 14.9 Å². The van der Waals surface area contributed by atoms with Gasteiger partial charge in [0.1, 0.15) is 5.75 Å². The summed E-state index contributed by atoms with van der Waals surface area (Å²) in [4.78, 5) is 11.7. The number of phenols is 1. The summed E-state index contributed by atoms with van der Waals surface area (Å²) in [6.07, 6.45) is 1.30. The quantitative estimate of drug-likeness (QED) is 0.605. The second kappa shape index (κ2) is 8.42. The minimum atomic E-state index is -0.486. The molecule has 0 atom stereocenters. The van der Waals surface area contributed by atoms with E-state index in [0.717, 1.165) is 0 Å². The van der Waals surface area contributed by atoms with Gasteiger partial charge < -0.3 is 14.6 Å². The number of hydrazone groups is 1. The molecular formula is C16H14Cl2N2O4. The van der Waals surface area contributed by atoms with E-state index >= 15 is 0 Å². The summed E-state index contributed by atoms with van der Waals surface area (Å²) < 4.78 is 10.2. The molecule has 0 spiro atoms. The van der Waals surface area contributed by atoms with Crippen molar-refractivity contribution in [1.29, 1.82) is 0 Å². The lowest BCUT2D eigenvalue weighted by molar-refractivity contribution is -0.123. The monoisotopic (exact) mass is 368 g/mol. The molecule has 24 heavy (non-hydrogen) atoms. The van der Waals surface area contributed by atoms with Gasteiger partial charge in [-0.1, -0.05) is 29.3 Å². The highest BCUT2D eigenvalue weighted by Gasteiger charge is 2.07. The standard InChI is InChI=1S/C16H14Cl2N2O4/c1-23-14-4-2-3-10(16(14)22)8-19-20-15(21)9-24-13-6-5-11(17)7-12(13)18/h2-8,22H,9H2,1H3,(H,20,21). The second-order valence-electron chi connectivity index (χ2n) is 4.55. The third-order valence-electron chi connectivity index (χ3n) is 2.90. The van der Waals surface area contributed by atoms with Crippen molar-refractivity contribution >= 4 is 35.3 Å². The van der Waals surface area contributed by atoms with Crippen molar-refractivity contribution in [2.45, 2.75) is 0 Å². The zero-order valence-corrected chi connectivity index (χ0v) is 14.1. The number of rotatable bonds is 6. The van der Waals surface area contributed by atoms with Crippen LogP contribution in [0.25, 0.3) is 0 Å². The smallest absolute Gasteiger partial charge is 0.277 e. The first-order chi connectivity index (χ1) is 11.5. The van der Waals surface area contributed by atoms with E-state index in [2.05, 4.69) is 10.5 Å². The number of nitrogens with zero attached hydrogens (tertiary/aromatic N) is 1. The number of ether oxygens (including phenoxy) is 2. The minimum Gasteiger partial charge on any atom is -0.504 e. The van der Waals surface area contributed by atoms with Crippen LogP contribution in [-0.2, 0) is 4.79 Å². The summed E-state index contributed by atoms with van der Waals surface area (Å²) in [5.74, 6) is 0.0958. The summed E-state index contributed by atoms with van der Waals surface area (Å²) in [5, 5.41) is 14.4. The van der Waals surface area contributed by atoms with Crippen molar-refractivity contribution in [2.75, 3.05) is 13.7 Å². The van der Waals surface area contributed by atoms with Crippen LogP contribution in [0.5, 0.6) is 17.2 Å². The summed E-state index contributed by atoms with van der Waals surface area (Å²) in [5.41, 5.74) is 2.68. The maximum Gasteiger partial charge on any atom is 0.277 e. The number of carbonyl (C=O) groups is 1. The third-order valence-corrected chi connectivity index (χ3v) is 3.43. The number of para-hydroxylation sites is 1. The largest absolute Gasteiger partial charge is 0.504 e. The van der Waals surface area contributed by atoms with Crippen LogP contribution in [0, 0.1) is 0 Å². The van der Waals surface area contributed by atoms with E-state index in [1.165, 1.54) is 19.4 Å². The lowest BCUT2D eigenvalue weighted by Crippen LogP contribution is -2.24. The van der Waals surface area contributed by atoms with E-state index in [1.807, 2.05) is 0 Å². The molecule has 0 heterocycles. The van der Waals surface area contributed by atoms with Crippen molar-refractivity contribution in [2.24, 2.45) is 5.10 Å². The van der Waals surface area contributed by atoms with E-state index in [9.17, 15) is 9.90 Å². The van der Waals surface area contributed by atoms with Gasteiger partial charge in [0.15, 0.2) is 18.1 Å². The Hall–Kier alpha value is -2.44. The zero-order valence-electron chi connectivity index (χ0n) is 12.6. The molecule has 0 saturated carbocycles. The van der Waals surface area contributed by atoms with Gasteiger partial charge in [-0.25, -0.2) is 5.43 Å². The molecule has 0 radical (unpaired) electrons. The highest BCUT2D eigenvalue weighted by molar-refractivity contribution is 6.35.